The van der Waals surface area contributed by atoms with Crippen LogP contribution in [0.15, 0.2) is 12.1 Å². The van der Waals surface area contributed by atoms with Gasteiger partial charge in [-0.15, -0.1) is 0 Å². The van der Waals surface area contributed by atoms with Crippen LogP contribution in [0.25, 0.3) is 0 Å². The van der Waals surface area contributed by atoms with Crippen molar-refractivity contribution in [3.8, 4) is 11.5 Å². The van der Waals surface area contributed by atoms with E-state index in [2.05, 4.69) is 0 Å². The van der Waals surface area contributed by atoms with Gasteiger partial charge in [-0.1, -0.05) is 20.8 Å². The third-order valence-corrected chi connectivity index (χ3v) is 3.76. The summed E-state index contributed by atoms with van der Waals surface area (Å²) in [5, 5.41) is 0. The molecule has 5 nitrogen and oxygen atoms in total. The Labute approximate surface area is 137 Å². The van der Waals surface area contributed by atoms with Crippen molar-refractivity contribution >= 4 is 17.9 Å². The number of anilines is 1. The highest BCUT2D eigenvalue weighted by Gasteiger charge is 2.39. The average molecular weight is 319 g/mol. The Morgan fingerprint density at radius 2 is 2.00 bits per heavy atom. The fraction of sp³-hybridized carbons (Fsp3) is 0.556. The van der Waals surface area contributed by atoms with Gasteiger partial charge in [-0.3, -0.25) is 9.59 Å². The van der Waals surface area contributed by atoms with Crippen LogP contribution in [0.2, 0.25) is 0 Å². The minimum atomic E-state index is -0.545. The molecule has 1 unspecified atom stereocenters. The second kappa shape index (κ2) is 7.02. The molecule has 1 aliphatic heterocycles. The fourth-order valence-corrected chi connectivity index (χ4v) is 2.68. The SMILES string of the molecule is CCCOc1cc(C=O)cc2c1OC(C(C)C)C(=O)N2C(C)C. The smallest absolute Gasteiger partial charge is 0.268 e. The van der Waals surface area contributed by atoms with E-state index in [4.69, 9.17) is 9.47 Å². The molecule has 2 rings (SSSR count). The molecule has 23 heavy (non-hydrogen) atoms. The van der Waals surface area contributed by atoms with E-state index < -0.39 is 6.10 Å². The Morgan fingerprint density at radius 3 is 2.52 bits per heavy atom. The quantitative estimate of drug-likeness (QED) is 0.754. The van der Waals surface area contributed by atoms with E-state index in [0.29, 0.717) is 29.4 Å². The van der Waals surface area contributed by atoms with E-state index in [1.54, 1.807) is 17.0 Å². The van der Waals surface area contributed by atoms with Crippen molar-refractivity contribution < 1.29 is 19.1 Å². The largest absolute Gasteiger partial charge is 0.490 e. The van der Waals surface area contributed by atoms with Gasteiger partial charge in [0.15, 0.2) is 17.6 Å². The van der Waals surface area contributed by atoms with Crippen molar-refractivity contribution in [3.63, 3.8) is 0 Å². The minimum Gasteiger partial charge on any atom is -0.490 e. The summed E-state index contributed by atoms with van der Waals surface area (Å²) < 4.78 is 11.7. The van der Waals surface area contributed by atoms with Crippen LogP contribution < -0.4 is 14.4 Å². The van der Waals surface area contributed by atoms with Gasteiger partial charge in [0.25, 0.3) is 5.91 Å². The maximum atomic E-state index is 12.8. The number of hydrogen-bond acceptors (Lipinski definition) is 4. The highest BCUT2D eigenvalue weighted by atomic mass is 16.5. The molecule has 0 aromatic heterocycles. The number of carbonyl (C=O) groups excluding carboxylic acids is 2. The fourth-order valence-electron chi connectivity index (χ4n) is 2.68. The molecule has 126 valence electrons. The molecule has 0 N–H and O–H groups in total. The van der Waals surface area contributed by atoms with E-state index in [1.807, 2.05) is 34.6 Å². The first-order valence-electron chi connectivity index (χ1n) is 8.16. The highest BCUT2D eigenvalue weighted by Crippen LogP contribution is 2.44. The molecule has 0 radical (unpaired) electrons. The monoisotopic (exact) mass is 319 g/mol. The summed E-state index contributed by atoms with van der Waals surface area (Å²) in [6.07, 6.45) is 1.06. The zero-order chi connectivity index (χ0) is 17.1. The van der Waals surface area contributed by atoms with Crippen LogP contribution in [-0.4, -0.2) is 30.9 Å². The number of ether oxygens (including phenoxy) is 2. The normalized spacial score (nSPS) is 17.3. The zero-order valence-electron chi connectivity index (χ0n) is 14.5. The maximum Gasteiger partial charge on any atom is 0.268 e. The van der Waals surface area contributed by atoms with E-state index in [9.17, 15) is 9.59 Å². The number of benzene rings is 1. The Morgan fingerprint density at radius 1 is 1.30 bits per heavy atom. The summed E-state index contributed by atoms with van der Waals surface area (Å²) in [5.41, 5.74) is 1.08. The minimum absolute atomic E-state index is 0.0349. The van der Waals surface area contributed by atoms with Crippen LogP contribution in [-0.2, 0) is 4.79 Å². The van der Waals surface area contributed by atoms with E-state index in [1.165, 1.54) is 0 Å². The third-order valence-electron chi connectivity index (χ3n) is 3.76. The number of hydrogen-bond donors (Lipinski definition) is 0. The van der Waals surface area contributed by atoms with Crippen LogP contribution in [0.1, 0.15) is 51.4 Å². The zero-order valence-corrected chi connectivity index (χ0v) is 14.5. The first-order chi connectivity index (χ1) is 10.9. The predicted molar refractivity (Wildman–Crippen MR) is 89.5 cm³/mol. The van der Waals surface area contributed by atoms with Gasteiger partial charge >= 0.3 is 0 Å². The number of nitrogens with zero attached hydrogens (tertiary/aromatic N) is 1. The third kappa shape index (κ3) is 3.33. The summed E-state index contributed by atoms with van der Waals surface area (Å²) in [6.45, 7) is 10.4. The average Bonchev–Trinajstić information content (AvgIpc) is 2.50. The Bertz CT molecular complexity index is 595. The summed E-state index contributed by atoms with van der Waals surface area (Å²) in [6, 6.07) is 3.33. The topological polar surface area (TPSA) is 55.8 Å². The van der Waals surface area contributed by atoms with Crippen LogP contribution in [0.5, 0.6) is 11.5 Å². The van der Waals surface area contributed by atoms with Gasteiger partial charge in [0.05, 0.1) is 12.3 Å². The van der Waals surface area contributed by atoms with Gasteiger partial charge < -0.3 is 14.4 Å². The first kappa shape index (κ1) is 17.3. The van der Waals surface area contributed by atoms with Crippen molar-refractivity contribution in [2.75, 3.05) is 11.5 Å². The molecule has 0 aliphatic carbocycles. The Hall–Kier alpha value is -2.04. The number of rotatable bonds is 6. The molecule has 0 saturated carbocycles. The van der Waals surface area contributed by atoms with Crippen molar-refractivity contribution in [2.24, 2.45) is 5.92 Å². The number of fused-ring (bicyclic) bond motifs is 1. The van der Waals surface area contributed by atoms with Crippen molar-refractivity contribution in [1.82, 2.24) is 0 Å². The van der Waals surface area contributed by atoms with Crippen molar-refractivity contribution in [1.29, 1.82) is 0 Å². The number of aldehydes is 1. The lowest BCUT2D eigenvalue weighted by atomic mass is 10.0. The Kier molecular flexibility index (Phi) is 5.29. The van der Waals surface area contributed by atoms with Crippen LogP contribution in [0.4, 0.5) is 5.69 Å². The second-order valence-corrected chi connectivity index (χ2v) is 6.42. The van der Waals surface area contributed by atoms with Gasteiger partial charge in [-0.25, -0.2) is 0 Å². The summed E-state index contributed by atoms with van der Waals surface area (Å²) in [7, 11) is 0. The van der Waals surface area contributed by atoms with Gasteiger partial charge in [-0.2, -0.15) is 0 Å². The molecule has 1 aliphatic rings. The molecule has 1 heterocycles. The van der Waals surface area contributed by atoms with Gasteiger partial charge in [0.1, 0.15) is 6.29 Å². The lowest BCUT2D eigenvalue weighted by Gasteiger charge is -2.39. The van der Waals surface area contributed by atoms with Crippen LogP contribution >= 0.6 is 0 Å². The summed E-state index contributed by atoms with van der Waals surface area (Å²) in [5.74, 6) is 1.04. The molecule has 0 fully saturated rings. The maximum absolute atomic E-state index is 12.8. The molecule has 1 amide bonds. The summed E-state index contributed by atoms with van der Waals surface area (Å²) in [4.78, 5) is 25.7. The second-order valence-electron chi connectivity index (χ2n) is 6.42. The lowest BCUT2D eigenvalue weighted by Crippen LogP contribution is -2.51. The highest BCUT2D eigenvalue weighted by molar-refractivity contribution is 6.02. The van der Waals surface area contributed by atoms with Crippen LogP contribution in [0, 0.1) is 5.92 Å². The van der Waals surface area contributed by atoms with E-state index in [0.717, 1.165) is 12.7 Å². The number of amides is 1. The van der Waals surface area contributed by atoms with Crippen molar-refractivity contribution in [3.05, 3.63) is 17.7 Å². The molecule has 5 heteroatoms. The van der Waals surface area contributed by atoms with E-state index >= 15 is 0 Å². The molecule has 1 aromatic rings. The molecule has 1 atom stereocenters. The van der Waals surface area contributed by atoms with Gasteiger partial charge in [-0.05, 0) is 38.3 Å². The molecule has 1 aromatic carbocycles. The Balaban J connectivity index is 2.60. The lowest BCUT2D eigenvalue weighted by molar-refractivity contribution is -0.128. The van der Waals surface area contributed by atoms with Crippen LogP contribution in [0.3, 0.4) is 0 Å². The molecule has 0 spiro atoms. The van der Waals surface area contributed by atoms with Crippen molar-refractivity contribution in [2.45, 2.75) is 53.2 Å². The van der Waals surface area contributed by atoms with Gasteiger partial charge in [0, 0.05) is 11.6 Å². The van der Waals surface area contributed by atoms with Gasteiger partial charge in [0.2, 0.25) is 0 Å². The standard InChI is InChI=1S/C18H25NO4/c1-6-7-22-15-9-13(10-20)8-14-17(15)23-16(11(2)3)18(21)19(14)12(4)5/h8-12,16H,6-7H2,1-5H3. The molecular weight excluding hydrogens is 294 g/mol. The van der Waals surface area contributed by atoms with E-state index in [-0.39, 0.29) is 17.9 Å². The predicted octanol–water partition coefficient (Wildman–Crippen LogP) is 3.45. The molecule has 0 bridgehead atoms. The molecular formula is C18H25NO4. The summed E-state index contributed by atoms with van der Waals surface area (Å²) >= 11 is 0. The first-order valence-corrected chi connectivity index (χ1v) is 8.16. The number of carbonyl (C=O) groups is 2. The molecule has 0 saturated heterocycles.